The van der Waals surface area contributed by atoms with E-state index in [4.69, 9.17) is 10.5 Å². The van der Waals surface area contributed by atoms with Gasteiger partial charge >= 0.3 is 0 Å². The Morgan fingerprint density at radius 1 is 1.48 bits per heavy atom. The molecule has 1 heterocycles. The molecular formula is C14H20N2O4S. The van der Waals surface area contributed by atoms with Crippen molar-refractivity contribution in [1.29, 1.82) is 0 Å². The maximum Gasteiger partial charge on any atom is 0.226 e. The van der Waals surface area contributed by atoms with Gasteiger partial charge in [0, 0.05) is 24.3 Å². The van der Waals surface area contributed by atoms with E-state index in [0.29, 0.717) is 11.4 Å². The molecule has 2 rings (SSSR count). The molecule has 7 heteroatoms. The van der Waals surface area contributed by atoms with Crippen LogP contribution in [-0.2, 0) is 14.6 Å². The van der Waals surface area contributed by atoms with Crippen LogP contribution < -0.4 is 10.5 Å². The Hall–Kier alpha value is -1.76. The van der Waals surface area contributed by atoms with Crippen molar-refractivity contribution in [3.8, 4) is 5.75 Å². The Labute approximate surface area is 124 Å². The SMILES string of the molecule is CC1CS(=O)(=O)CCN1C(=O)CCOc1cccc(N)c1. The van der Waals surface area contributed by atoms with E-state index in [1.165, 1.54) is 0 Å². The number of rotatable bonds is 4. The average molecular weight is 312 g/mol. The fourth-order valence-electron chi connectivity index (χ4n) is 2.37. The molecule has 0 spiro atoms. The molecule has 1 aromatic carbocycles. The van der Waals surface area contributed by atoms with Crippen molar-refractivity contribution in [3.05, 3.63) is 24.3 Å². The van der Waals surface area contributed by atoms with E-state index in [1.54, 1.807) is 36.1 Å². The molecule has 1 saturated heterocycles. The summed E-state index contributed by atoms with van der Waals surface area (Å²) in [5.41, 5.74) is 6.24. The van der Waals surface area contributed by atoms with Crippen LogP contribution in [0.25, 0.3) is 0 Å². The summed E-state index contributed by atoms with van der Waals surface area (Å²) >= 11 is 0. The number of ether oxygens (including phenoxy) is 1. The van der Waals surface area contributed by atoms with Crippen LogP contribution in [0.3, 0.4) is 0 Å². The number of carbonyl (C=O) groups excluding carboxylic acids is 1. The zero-order valence-electron chi connectivity index (χ0n) is 12.0. The minimum atomic E-state index is -3.01. The number of amides is 1. The molecule has 1 aromatic rings. The Bertz CT molecular complexity index is 615. The molecule has 1 amide bonds. The first kappa shape index (κ1) is 15.6. The zero-order chi connectivity index (χ0) is 15.5. The van der Waals surface area contributed by atoms with E-state index in [-0.39, 0.29) is 43.0 Å². The Morgan fingerprint density at radius 2 is 2.24 bits per heavy atom. The molecule has 2 N–H and O–H groups in total. The molecule has 116 valence electrons. The van der Waals surface area contributed by atoms with Gasteiger partial charge in [0.05, 0.1) is 24.5 Å². The summed E-state index contributed by atoms with van der Waals surface area (Å²) in [6, 6.07) is 6.73. The van der Waals surface area contributed by atoms with Gasteiger partial charge in [-0.1, -0.05) is 6.07 Å². The predicted octanol–water partition coefficient (Wildman–Crippen LogP) is 0.683. The number of nitrogens with zero attached hydrogens (tertiary/aromatic N) is 1. The van der Waals surface area contributed by atoms with Crippen LogP contribution in [0.15, 0.2) is 24.3 Å². The molecule has 1 fully saturated rings. The number of benzene rings is 1. The van der Waals surface area contributed by atoms with Gasteiger partial charge in [0.2, 0.25) is 5.91 Å². The standard InChI is InChI=1S/C14H20N2O4S/c1-11-10-21(18,19)8-6-16(11)14(17)5-7-20-13-4-2-3-12(15)9-13/h2-4,9,11H,5-8,10,15H2,1H3. The van der Waals surface area contributed by atoms with Crippen LogP contribution in [0.2, 0.25) is 0 Å². The van der Waals surface area contributed by atoms with Gasteiger partial charge in [-0.3, -0.25) is 4.79 Å². The van der Waals surface area contributed by atoms with Crippen LogP contribution >= 0.6 is 0 Å². The Morgan fingerprint density at radius 3 is 2.90 bits per heavy atom. The maximum absolute atomic E-state index is 12.1. The normalized spacial score (nSPS) is 21.0. The largest absolute Gasteiger partial charge is 0.493 e. The first-order valence-electron chi connectivity index (χ1n) is 6.85. The summed E-state index contributed by atoms with van der Waals surface area (Å²) in [5, 5.41) is 0. The second-order valence-corrected chi connectivity index (χ2v) is 7.45. The highest BCUT2D eigenvalue weighted by molar-refractivity contribution is 7.91. The van der Waals surface area contributed by atoms with Gasteiger partial charge in [-0.2, -0.15) is 0 Å². The number of nitrogen functional groups attached to an aromatic ring is 1. The zero-order valence-corrected chi connectivity index (χ0v) is 12.8. The highest BCUT2D eigenvalue weighted by Crippen LogP contribution is 2.16. The Balaban J connectivity index is 1.82. The van der Waals surface area contributed by atoms with Gasteiger partial charge in [0.1, 0.15) is 5.75 Å². The second-order valence-electron chi connectivity index (χ2n) is 5.22. The highest BCUT2D eigenvalue weighted by atomic mass is 32.2. The molecule has 21 heavy (non-hydrogen) atoms. The maximum atomic E-state index is 12.1. The third kappa shape index (κ3) is 4.35. The summed E-state index contributed by atoms with van der Waals surface area (Å²) in [5.74, 6) is 0.618. The minimum Gasteiger partial charge on any atom is -0.493 e. The second kappa shape index (κ2) is 6.34. The van der Waals surface area contributed by atoms with Crippen molar-refractivity contribution in [1.82, 2.24) is 4.90 Å². The van der Waals surface area contributed by atoms with Gasteiger partial charge < -0.3 is 15.4 Å². The lowest BCUT2D eigenvalue weighted by molar-refractivity contribution is -0.133. The summed E-state index contributed by atoms with van der Waals surface area (Å²) < 4.78 is 28.4. The molecule has 6 nitrogen and oxygen atoms in total. The van der Waals surface area contributed by atoms with Gasteiger partial charge in [-0.05, 0) is 19.1 Å². The van der Waals surface area contributed by atoms with Crippen LogP contribution in [0, 0.1) is 0 Å². The molecule has 0 bridgehead atoms. The number of carbonyl (C=O) groups is 1. The number of hydrogen-bond acceptors (Lipinski definition) is 5. The van der Waals surface area contributed by atoms with Crippen molar-refractivity contribution in [2.45, 2.75) is 19.4 Å². The number of sulfone groups is 1. The number of hydrogen-bond donors (Lipinski definition) is 1. The molecule has 1 aliphatic rings. The average Bonchev–Trinajstić information content (AvgIpc) is 2.37. The lowest BCUT2D eigenvalue weighted by atomic mass is 10.2. The lowest BCUT2D eigenvalue weighted by Gasteiger charge is -2.33. The topological polar surface area (TPSA) is 89.7 Å². The van der Waals surface area contributed by atoms with Gasteiger partial charge in [-0.25, -0.2) is 8.42 Å². The van der Waals surface area contributed by atoms with Crippen LogP contribution in [-0.4, -0.2) is 49.9 Å². The van der Waals surface area contributed by atoms with Crippen molar-refractivity contribution in [2.24, 2.45) is 0 Å². The molecule has 0 radical (unpaired) electrons. The third-order valence-corrected chi connectivity index (χ3v) is 5.23. The molecular weight excluding hydrogens is 292 g/mol. The van der Waals surface area contributed by atoms with E-state index in [9.17, 15) is 13.2 Å². The summed E-state index contributed by atoms with van der Waals surface area (Å²) in [7, 11) is -3.01. The third-order valence-electron chi connectivity index (χ3n) is 3.43. The van der Waals surface area contributed by atoms with Crippen molar-refractivity contribution in [2.75, 3.05) is 30.4 Å². The molecule has 1 unspecified atom stereocenters. The van der Waals surface area contributed by atoms with E-state index in [1.807, 2.05) is 0 Å². The summed E-state index contributed by atoms with van der Waals surface area (Å²) in [6.45, 7) is 2.27. The summed E-state index contributed by atoms with van der Waals surface area (Å²) in [4.78, 5) is 13.7. The van der Waals surface area contributed by atoms with Crippen LogP contribution in [0.4, 0.5) is 5.69 Å². The fraction of sp³-hybridized carbons (Fsp3) is 0.500. The first-order valence-corrected chi connectivity index (χ1v) is 8.68. The van der Waals surface area contributed by atoms with Crippen molar-refractivity contribution in [3.63, 3.8) is 0 Å². The molecule has 1 atom stereocenters. The molecule has 0 aromatic heterocycles. The van der Waals surface area contributed by atoms with Crippen LogP contribution in [0.1, 0.15) is 13.3 Å². The molecule has 0 aliphatic carbocycles. The highest BCUT2D eigenvalue weighted by Gasteiger charge is 2.30. The van der Waals surface area contributed by atoms with Crippen molar-refractivity contribution >= 4 is 21.4 Å². The smallest absolute Gasteiger partial charge is 0.226 e. The molecule has 0 saturated carbocycles. The van der Waals surface area contributed by atoms with Gasteiger partial charge in [0.25, 0.3) is 0 Å². The van der Waals surface area contributed by atoms with Gasteiger partial charge in [0.15, 0.2) is 9.84 Å². The van der Waals surface area contributed by atoms with Crippen molar-refractivity contribution < 1.29 is 17.9 Å². The Kier molecular flexibility index (Phi) is 4.72. The fourth-order valence-corrected chi connectivity index (χ4v) is 3.93. The first-order chi connectivity index (χ1) is 9.87. The minimum absolute atomic E-state index is 0.0365. The predicted molar refractivity (Wildman–Crippen MR) is 80.8 cm³/mol. The number of nitrogens with two attached hydrogens (primary N) is 1. The van der Waals surface area contributed by atoms with E-state index < -0.39 is 9.84 Å². The van der Waals surface area contributed by atoms with E-state index >= 15 is 0 Å². The van der Waals surface area contributed by atoms with E-state index in [2.05, 4.69) is 0 Å². The van der Waals surface area contributed by atoms with Gasteiger partial charge in [-0.15, -0.1) is 0 Å². The number of anilines is 1. The monoisotopic (exact) mass is 312 g/mol. The quantitative estimate of drug-likeness (QED) is 0.826. The molecule has 1 aliphatic heterocycles. The lowest BCUT2D eigenvalue weighted by Crippen LogP contribution is -2.50. The summed E-state index contributed by atoms with van der Waals surface area (Å²) in [6.07, 6.45) is 0.221. The van der Waals surface area contributed by atoms with E-state index in [0.717, 1.165) is 0 Å². The van der Waals surface area contributed by atoms with Crippen LogP contribution in [0.5, 0.6) is 5.75 Å².